The molecule has 2 rings (SSSR count). The maximum absolute atomic E-state index is 13.7. The van der Waals surface area contributed by atoms with Crippen molar-refractivity contribution in [2.45, 2.75) is 6.42 Å². The second kappa shape index (κ2) is 5.92. The number of ether oxygens (including phenoxy) is 1. The highest BCUT2D eigenvalue weighted by Gasteiger charge is 2.15. The molecule has 3 nitrogen and oxygen atoms in total. The molecule has 0 saturated heterocycles. The van der Waals surface area contributed by atoms with E-state index in [-0.39, 0.29) is 23.5 Å². The number of ketones is 1. The Kier molecular flexibility index (Phi) is 4.25. The third-order valence-electron chi connectivity index (χ3n) is 2.95. The molecule has 104 valence electrons. The zero-order valence-corrected chi connectivity index (χ0v) is 11.6. The Morgan fingerprint density at radius 1 is 1.35 bits per heavy atom. The van der Waals surface area contributed by atoms with Gasteiger partial charge in [-0.25, -0.2) is 4.39 Å². The summed E-state index contributed by atoms with van der Waals surface area (Å²) in [6, 6.07) is 9.14. The van der Waals surface area contributed by atoms with Gasteiger partial charge in [0.25, 0.3) is 0 Å². The van der Waals surface area contributed by atoms with Gasteiger partial charge in [0.2, 0.25) is 0 Å². The lowest BCUT2D eigenvalue weighted by molar-refractivity contribution is 0.0992. The van der Waals surface area contributed by atoms with Crippen molar-refractivity contribution in [3.05, 3.63) is 58.4 Å². The molecule has 0 aliphatic carbocycles. The number of hydrogen-bond acceptors (Lipinski definition) is 3. The largest absolute Gasteiger partial charge is 0.495 e. The summed E-state index contributed by atoms with van der Waals surface area (Å²) in [6.07, 6.45) is -0.0830. The molecule has 5 heteroatoms. The van der Waals surface area contributed by atoms with Gasteiger partial charge >= 0.3 is 0 Å². The van der Waals surface area contributed by atoms with E-state index in [0.29, 0.717) is 16.3 Å². The minimum atomic E-state index is -0.507. The summed E-state index contributed by atoms with van der Waals surface area (Å²) in [5.41, 5.74) is 6.71. The number of nitrogen functional groups attached to an aromatic ring is 1. The molecule has 0 saturated carbocycles. The maximum atomic E-state index is 13.7. The van der Waals surface area contributed by atoms with Crippen LogP contribution in [0.2, 0.25) is 5.02 Å². The maximum Gasteiger partial charge on any atom is 0.169 e. The minimum absolute atomic E-state index is 0.0830. The van der Waals surface area contributed by atoms with Gasteiger partial charge in [0, 0.05) is 17.0 Å². The molecule has 0 aromatic heterocycles. The Morgan fingerprint density at radius 3 is 2.75 bits per heavy atom. The van der Waals surface area contributed by atoms with Gasteiger partial charge in [-0.2, -0.15) is 0 Å². The highest BCUT2D eigenvalue weighted by molar-refractivity contribution is 6.30. The molecular weight excluding hydrogens is 281 g/mol. The molecule has 0 aliphatic heterocycles. The quantitative estimate of drug-likeness (QED) is 0.693. The zero-order chi connectivity index (χ0) is 14.7. The average Bonchev–Trinajstić information content (AvgIpc) is 2.42. The second-order valence-electron chi connectivity index (χ2n) is 4.26. The van der Waals surface area contributed by atoms with Gasteiger partial charge in [-0.3, -0.25) is 4.79 Å². The lowest BCUT2D eigenvalue weighted by atomic mass is 10.0. The van der Waals surface area contributed by atoms with Crippen molar-refractivity contribution in [1.82, 2.24) is 0 Å². The molecule has 20 heavy (non-hydrogen) atoms. The van der Waals surface area contributed by atoms with Crippen LogP contribution >= 0.6 is 11.6 Å². The topological polar surface area (TPSA) is 52.3 Å². The smallest absolute Gasteiger partial charge is 0.169 e. The fourth-order valence-corrected chi connectivity index (χ4v) is 2.06. The molecule has 0 radical (unpaired) electrons. The molecule has 0 unspecified atom stereocenters. The third-order valence-corrected chi connectivity index (χ3v) is 3.19. The Morgan fingerprint density at radius 2 is 2.10 bits per heavy atom. The van der Waals surface area contributed by atoms with Crippen molar-refractivity contribution in [2.75, 3.05) is 12.8 Å². The van der Waals surface area contributed by atoms with Crippen LogP contribution in [0.5, 0.6) is 5.75 Å². The normalized spacial score (nSPS) is 10.3. The van der Waals surface area contributed by atoms with Gasteiger partial charge in [0.15, 0.2) is 5.78 Å². The number of para-hydroxylation sites is 1. The molecular formula is C15H13ClFNO2. The van der Waals surface area contributed by atoms with E-state index in [2.05, 4.69) is 0 Å². The van der Waals surface area contributed by atoms with Crippen LogP contribution in [0, 0.1) is 5.82 Å². The standard InChI is InChI=1S/C15H13ClFNO2/c1-20-14-4-2-3-11(15(14)18)13(19)7-9-5-6-10(16)8-12(9)17/h2-6,8H,7,18H2,1H3. The van der Waals surface area contributed by atoms with E-state index >= 15 is 0 Å². The predicted molar refractivity (Wildman–Crippen MR) is 76.9 cm³/mol. The number of nitrogens with two attached hydrogens (primary N) is 1. The van der Waals surface area contributed by atoms with Crippen LogP contribution in [0.3, 0.4) is 0 Å². The fraction of sp³-hybridized carbons (Fsp3) is 0.133. The predicted octanol–water partition coefficient (Wildman–Crippen LogP) is 3.50. The molecule has 0 heterocycles. The van der Waals surface area contributed by atoms with E-state index in [9.17, 15) is 9.18 Å². The van der Waals surface area contributed by atoms with Gasteiger partial charge in [-0.1, -0.05) is 23.7 Å². The highest BCUT2D eigenvalue weighted by Crippen LogP contribution is 2.26. The van der Waals surface area contributed by atoms with Crippen molar-refractivity contribution in [1.29, 1.82) is 0 Å². The first kappa shape index (κ1) is 14.3. The molecule has 0 bridgehead atoms. The zero-order valence-electron chi connectivity index (χ0n) is 10.8. The second-order valence-corrected chi connectivity index (χ2v) is 4.69. The fourth-order valence-electron chi connectivity index (χ4n) is 1.90. The molecule has 0 fully saturated rings. The molecule has 0 atom stereocenters. The summed E-state index contributed by atoms with van der Waals surface area (Å²) in [6.45, 7) is 0. The van der Waals surface area contributed by atoms with Crippen LogP contribution in [0.15, 0.2) is 36.4 Å². The number of halogens is 2. The molecule has 2 N–H and O–H groups in total. The van der Waals surface area contributed by atoms with Crippen molar-refractivity contribution >= 4 is 23.1 Å². The van der Waals surface area contributed by atoms with E-state index in [1.165, 1.54) is 19.2 Å². The number of benzene rings is 2. The van der Waals surface area contributed by atoms with Gasteiger partial charge in [-0.05, 0) is 29.8 Å². The Balaban J connectivity index is 2.28. The SMILES string of the molecule is COc1cccc(C(=O)Cc2ccc(Cl)cc2F)c1N. The van der Waals surface area contributed by atoms with E-state index in [4.69, 9.17) is 22.1 Å². The van der Waals surface area contributed by atoms with Crippen molar-refractivity contribution < 1.29 is 13.9 Å². The monoisotopic (exact) mass is 293 g/mol. The van der Waals surface area contributed by atoms with Gasteiger partial charge < -0.3 is 10.5 Å². The summed E-state index contributed by atoms with van der Waals surface area (Å²) >= 11 is 5.67. The first-order chi connectivity index (χ1) is 9.52. The number of anilines is 1. The van der Waals surface area contributed by atoms with Crippen molar-refractivity contribution in [3.63, 3.8) is 0 Å². The molecule has 0 aliphatic rings. The van der Waals surface area contributed by atoms with Gasteiger partial charge in [0.1, 0.15) is 11.6 Å². The molecule has 0 spiro atoms. The number of carbonyl (C=O) groups is 1. The number of hydrogen-bond donors (Lipinski definition) is 1. The summed E-state index contributed by atoms with van der Waals surface area (Å²) in [4.78, 5) is 12.2. The summed E-state index contributed by atoms with van der Waals surface area (Å²) in [5.74, 6) is -0.359. The van der Waals surface area contributed by atoms with Crippen molar-refractivity contribution in [2.24, 2.45) is 0 Å². The van der Waals surface area contributed by atoms with Crippen LogP contribution in [-0.4, -0.2) is 12.9 Å². The summed E-state index contributed by atoms with van der Waals surface area (Å²) < 4.78 is 18.7. The molecule has 0 amide bonds. The van der Waals surface area contributed by atoms with Gasteiger partial charge in [-0.15, -0.1) is 0 Å². The van der Waals surface area contributed by atoms with Crippen LogP contribution < -0.4 is 10.5 Å². The van der Waals surface area contributed by atoms with E-state index in [0.717, 1.165) is 0 Å². The average molecular weight is 294 g/mol. The van der Waals surface area contributed by atoms with Crippen LogP contribution in [-0.2, 0) is 6.42 Å². The first-order valence-corrected chi connectivity index (χ1v) is 6.30. The van der Waals surface area contributed by atoms with Gasteiger partial charge in [0.05, 0.1) is 12.8 Å². The Bertz CT molecular complexity index is 658. The summed E-state index contributed by atoms with van der Waals surface area (Å²) in [7, 11) is 1.47. The molecule has 2 aromatic rings. The molecule has 2 aromatic carbocycles. The Hall–Kier alpha value is -2.07. The summed E-state index contributed by atoms with van der Waals surface area (Å²) in [5, 5.41) is 0.291. The highest BCUT2D eigenvalue weighted by atomic mass is 35.5. The first-order valence-electron chi connectivity index (χ1n) is 5.92. The van der Waals surface area contributed by atoms with E-state index in [1.54, 1.807) is 24.3 Å². The third kappa shape index (κ3) is 2.91. The number of methoxy groups -OCH3 is 1. The lowest BCUT2D eigenvalue weighted by Crippen LogP contribution is -2.09. The van der Waals surface area contributed by atoms with Crippen molar-refractivity contribution in [3.8, 4) is 5.75 Å². The van der Waals surface area contributed by atoms with E-state index in [1.807, 2.05) is 0 Å². The lowest BCUT2D eigenvalue weighted by Gasteiger charge is -2.09. The number of carbonyl (C=O) groups excluding carboxylic acids is 1. The van der Waals surface area contributed by atoms with E-state index < -0.39 is 5.82 Å². The minimum Gasteiger partial charge on any atom is -0.495 e. The van der Waals surface area contributed by atoms with Crippen LogP contribution in [0.25, 0.3) is 0 Å². The van der Waals surface area contributed by atoms with Crippen LogP contribution in [0.4, 0.5) is 10.1 Å². The number of rotatable bonds is 4. The Labute approximate surface area is 121 Å². The number of Topliss-reactive ketones (excluding diaryl/α,β-unsaturated/α-hetero) is 1. The van der Waals surface area contributed by atoms with Crippen LogP contribution in [0.1, 0.15) is 15.9 Å².